The average Bonchev–Trinajstić information content (AvgIpc) is 2.44. The summed E-state index contributed by atoms with van der Waals surface area (Å²) in [4.78, 5) is 2.60. The Morgan fingerprint density at radius 1 is 1.25 bits per heavy atom. The Balaban J connectivity index is 2.29. The Kier molecular flexibility index (Phi) is 5.48. The molecule has 1 aliphatic heterocycles. The van der Waals surface area contributed by atoms with E-state index < -0.39 is 0 Å². The Morgan fingerprint density at radius 3 is 2.50 bits per heavy atom. The van der Waals surface area contributed by atoms with Crippen LogP contribution >= 0.6 is 11.6 Å². The van der Waals surface area contributed by atoms with E-state index in [0.29, 0.717) is 12.1 Å². The zero-order valence-electron chi connectivity index (χ0n) is 12.8. The van der Waals surface area contributed by atoms with E-state index in [4.69, 9.17) is 17.3 Å². The maximum absolute atomic E-state index is 6.45. The van der Waals surface area contributed by atoms with E-state index in [0.717, 1.165) is 23.9 Å². The van der Waals surface area contributed by atoms with Gasteiger partial charge in [-0.3, -0.25) is 4.90 Å². The van der Waals surface area contributed by atoms with Gasteiger partial charge in [-0.15, -0.1) is 0 Å². The van der Waals surface area contributed by atoms with Crippen LogP contribution in [-0.2, 0) is 0 Å². The molecule has 0 bridgehead atoms. The predicted octanol–water partition coefficient (Wildman–Crippen LogP) is 4.24. The number of nitrogens with two attached hydrogens (primary N) is 1. The van der Waals surface area contributed by atoms with Crippen LogP contribution in [0.15, 0.2) is 24.3 Å². The van der Waals surface area contributed by atoms with Crippen molar-refractivity contribution in [1.29, 1.82) is 0 Å². The second kappa shape index (κ2) is 6.93. The summed E-state index contributed by atoms with van der Waals surface area (Å²) in [5.41, 5.74) is 7.75. The standard InChI is InChI=1S/C17H27ClN2/c1-4-16(19)17(14-7-9-15(18)10-8-14)20-11-12(2)5-6-13(20)3/h7-10,12-13,16-17H,4-6,11,19H2,1-3H3. The summed E-state index contributed by atoms with van der Waals surface area (Å²) in [5, 5.41) is 0.789. The second-order valence-corrected chi connectivity index (χ2v) is 6.73. The van der Waals surface area contributed by atoms with Crippen LogP contribution in [0.5, 0.6) is 0 Å². The number of hydrogen-bond donors (Lipinski definition) is 1. The van der Waals surface area contributed by atoms with Crippen LogP contribution in [0, 0.1) is 5.92 Å². The molecule has 4 atom stereocenters. The molecule has 2 rings (SSSR count). The number of piperidine rings is 1. The molecule has 112 valence electrons. The SMILES string of the molecule is CCC(N)C(c1ccc(Cl)cc1)N1CC(C)CCC1C. The van der Waals surface area contributed by atoms with Crippen molar-refractivity contribution in [2.45, 2.75) is 58.2 Å². The van der Waals surface area contributed by atoms with Gasteiger partial charge in [-0.2, -0.15) is 0 Å². The molecule has 1 aliphatic rings. The van der Waals surface area contributed by atoms with Gasteiger partial charge in [-0.05, 0) is 49.8 Å². The maximum Gasteiger partial charge on any atom is 0.0502 e. The van der Waals surface area contributed by atoms with Crippen molar-refractivity contribution in [3.05, 3.63) is 34.9 Å². The molecule has 0 aromatic heterocycles. The van der Waals surface area contributed by atoms with E-state index in [1.807, 2.05) is 12.1 Å². The van der Waals surface area contributed by atoms with Crippen LogP contribution in [0.3, 0.4) is 0 Å². The lowest BCUT2D eigenvalue weighted by atomic mass is 9.88. The smallest absolute Gasteiger partial charge is 0.0502 e. The minimum Gasteiger partial charge on any atom is -0.326 e. The third-order valence-electron chi connectivity index (χ3n) is 4.61. The zero-order valence-corrected chi connectivity index (χ0v) is 13.6. The van der Waals surface area contributed by atoms with Crippen LogP contribution in [-0.4, -0.2) is 23.5 Å². The molecule has 1 fully saturated rings. The number of benzene rings is 1. The van der Waals surface area contributed by atoms with Gasteiger partial charge in [0.1, 0.15) is 0 Å². The summed E-state index contributed by atoms with van der Waals surface area (Å²) >= 11 is 6.02. The van der Waals surface area contributed by atoms with Gasteiger partial charge in [-0.25, -0.2) is 0 Å². The monoisotopic (exact) mass is 294 g/mol. The van der Waals surface area contributed by atoms with E-state index in [-0.39, 0.29) is 6.04 Å². The van der Waals surface area contributed by atoms with Crippen molar-refractivity contribution in [1.82, 2.24) is 4.90 Å². The van der Waals surface area contributed by atoms with E-state index >= 15 is 0 Å². The fourth-order valence-electron chi connectivity index (χ4n) is 3.28. The molecule has 1 aromatic carbocycles. The van der Waals surface area contributed by atoms with Crippen molar-refractivity contribution < 1.29 is 0 Å². The van der Waals surface area contributed by atoms with Gasteiger partial charge in [0.15, 0.2) is 0 Å². The van der Waals surface area contributed by atoms with Crippen LogP contribution in [0.4, 0.5) is 0 Å². The first kappa shape index (κ1) is 15.8. The van der Waals surface area contributed by atoms with Crippen LogP contribution in [0.25, 0.3) is 0 Å². The van der Waals surface area contributed by atoms with Crippen LogP contribution in [0.1, 0.15) is 51.6 Å². The Bertz CT molecular complexity index is 418. The van der Waals surface area contributed by atoms with Gasteiger partial charge < -0.3 is 5.73 Å². The highest BCUT2D eigenvalue weighted by molar-refractivity contribution is 6.30. The number of likely N-dealkylation sites (tertiary alicyclic amines) is 1. The van der Waals surface area contributed by atoms with Crippen LogP contribution < -0.4 is 5.73 Å². The molecule has 0 aliphatic carbocycles. The van der Waals surface area contributed by atoms with E-state index in [1.54, 1.807) is 0 Å². The van der Waals surface area contributed by atoms with Crippen molar-refractivity contribution in [2.75, 3.05) is 6.54 Å². The predicted molar refractivity (Wildman–Crippen MR) is 87.0 cm³/mol. The highest BCUT2D eigenvalue weighted by Crippen LogP contribution is 2.33. The lowest BCUT2D eigenvalue weighted by Crippen LogP contribution is -2.49. The first-order chi connectivity index (χ1) is 9.52. The number of rotatable bonds is 4. The van der Waals surface area contributed by atoms with E-state index in [2.05, 4.69) is 37.8 Å². The summed E-state index contributed by atoms with van der Waals surface area (Å²) in [6, 6.07) is 9.29. The minimum absolute atomic E-state index is 0.170. The van der Waals surface area contributed by atoms with Crippen molar-refractivity contribution in [2.24, 2.45) is 11.7 Å². The van der Waals surface area contributed by atoms with Crippen LogP contribution in [0.2, 0.25) is 5.02 Å². The first-order valence-corrected chi connectivity index (χ1v) is 8.17. The van der Waals surface area contributed by atoms with Crippen molar-refractivity contribution in [3.63, 3.8) is 0 Å². The van der Waals surface area contributed by atoms with Gasteiger partial charge >= 0.3 is 0 Å². The third kappa shape index (κ3) is 3.55. The molecule has 2 nitrogen and oxygen atoms in total. The molecule has 1 aromatic rings. The number of halogens is 1. The van der Waals surface area contributed by atoms with E-state index in [1.165, 1.54) is 18.4 Å². The maximum atomic E-state index is 6.45. The van der Waals surface area contributed by atoms with Crippen molar-refractivity contribution >= 4 is 11.6 Å². The van der Waals surface area contributed by atoms with Gasteiger partial charge in [0, 0.05) is 23.7 Å². The zero-order chi connectivity index (χ0) is 14.7. The van der Waals surface area contributed by atoms with Gasteiger partial charge in [-0.1, -0.05) is 37.6 Å². The molecular formula is C17H27ClN2. The molecule has 2 N–H and O–H groups in total. The number of nitrogens with zero attached hydrogens (tertiary/aromatic N) is 1. The average molecular weight is 295 g/mol. The summed E-state index contributed by atoms with van der Waals surface area (Å²) in [5.74, 6) is 0.755. The van der Waals surface area contributed by atoms with Crippen molar-refractivity contribution in [3.8, 4) is 0 Å². The Labute approximate surface area is 128 Å². The molecule has 20 heavy (non-hydrogen) atoms. The summed E-state index contributed by atoms with van der Waals surface area (Å²) < 4.78 is 0. The lowest BCUT2D eigenvalue weighted by molar-refractivity contribution is 0.0625. The van der Waals surface area contributed by atoms with Gasteiger partial charge in [0.05, 0.1) is 6.04 Å². The number of hydrogen-bond acceptors (Lipinski definition) is 2. The topological polar surface area (TPSA) is 29.3 Å². The first-order valence-electron chi connectivity index (χ1n) is 7.79. The fourth-order valence-corrected chi connectivity index (χ4v) is 3.40. The second-order valence-electron chi connectivity index (χ2n) is 6.30. The lowest BCUT2D eigenvalue weighted by Gasteiger charge is -2.44. The third-order valence-corrected chi connectivity index (χ3v) is 4.86. The highest BCUT2D eigenvalue weighted by atomic mass is 35.5. The summed E-state index contributed by atoms with van der Waals surface area (Å²) in [6.07, 6.45) is 3.58. The summed E-state index contributed by atoms with van der Waals surface area (Å²) in [6.45, 7) is 7.99. The molecule has 0 radical (unpaired) electrons. The summed E-state index contributed by atoms with van der Waals surface area (Å²) in [7, 11) is 0. The molecule has 3 heteroatoms. The molecule has 0 amide bonds. The van der Waals surface area contributed by atoms with E-state index in [9.17, 15) is 0 Å². The highest BCUT2D eigenvalue weighted by Gasteiger charge is 2.32. The quantitative estimate of drug-likeness (QED) is 0.900. The van der Waals surface area contributed by atoms with Gasteiger partial charge in [0.2, 0.25) is 0 Å². The Morgan fingerprint density at radius 2 is 1.90 bits per heavy atom. The molecule has 1 heterocycles. The molecule has 0 spiro atoms. The molecular weight excluding hydrogens is 268 g/mol. The molecule has 1 saturated heterocycles. The molecule has 4 unspecified atom stereocenters. The minimum atomic E-state index is 0.170. The Hall–Kier alpha value is -0.570. The van der Waals surface area contributed by atoms with Gasteiger partial charge in [0.25, 0.3) is 0 Å². The molecule has 0 saturated carbocycles. The largest absolute Gasteiger partial charge is 0.326 e. The normalized spacial score (nSPS) is 27.2. The fraction of sp³-hybridized carbons (Fsp3) is 0.647.